The number of hydrogen-bond donors (Lipinski definition) is 1. The number of ether oxygens (including phenoxy) is 2. The lowest BCUT2D eigenvalue weighted by Crippen LogP contribution is -2.05. The van der Waals surface area contributed by atoms with Crippen molar-refractivity contribution in [3.05, 3.63) is 48.2 Å². The van der Waals surface area contributed by atoms with Crippen molar-refractivity contribution < 1.29 is 9.47 Å². The molecule has 0 atom stereocenters. The molecule has 2 N–H and O–H groups in total. The number of benzene rings is 1. The number of methoxy groups -OCH3 is 1. The van der Waals surface area contributed by atoms with Crippen molar-refractivity contribution in [1.82, 2.24) is 4.98 Å². The van der Waals surface area contributed by atoms with Crippen LogP contribution in [0.1, 0.15) is 5.56 Å². The highest BCUT2D eigenvalue weighted by Gasteiger charge is 2.03. The van der Waals surface area contributed by atoms with Gasteiger partial charge in [0.1, 0.15) is 5.82 Å². The van der Waals surface area contributed by atoms with Gasteiger partial charge >= 0.3 is 0 Å². The summed E-state index contributed by atoms with van der Waals surface area (Å²) in [5.74, 6) is 2.03. The van der Waals surface area contributed by atoms with Crippen LogP contribution in [0.3, 0.4) is 0 Å². The van der Waals surface area contributed by atoms with Crippen LogP contribution in [0, 0.1) is 0 Å². The van der Waals surface area contributed by atoms with Gasteiger partial charge in [-0.1, -0.05) is 18.2 Å². The van der Waals surface area contributed by atoms with Crippen LogP contribution < -0.4 is 15.2 Å². The van der Waals surface area contributed by atoms with Crippen LogP contribution in [0.25, 0.3) is 0 Å². The Morgan fingerprint density at radius 3 is 2.61 bits per heavy atom. The van der Waals surface area contributed by atoms with Crippen LogP contribution >= 0.6 is 0 Å². The molecule has 0 fully saturated rings. The molecule has 1 heterocycles. The molecule has 0 aliphatic heterocycles. The molecule has 1 aromatic heterocycles. The van der Waals surface area contributed by atoms with Gasteiger partial charge in [0, 0.05) is 12.6 Å². The van der Waals surface area contributed by atoms with Gasteiger partial charge in [0.25, 0.3) is 0 Å². The number of hydrogen-bond acceptors (Lipinski definition) is 4. The van der Waals surface area contributed by atoms with Crippen molar-refractivity contribution in [3.8, 4) is 11.5 Å². The Morgan fingerprint density at radius 2 is 1.89 bits per heavy atom. The van der Waals surface area contributed by atoms with Crippen molar-refractivity contribution in [3.63, 3.8) is 0 Å². The number of nitrogens with zero attached hydrogens (tertiary/aromatic N) is 1. The summed E-state index contributed by atoms with van der Waals surface area (Å²) in [4.78, 5) is 4.04. The molecule has 2 aromatic rings. The lowest BCUT2D eigenvalue weighted by molar-refractivity contribution is 0.298. The van der Waals surface area contributed by atoms with Gasteiger partial charge in [-0.15, -0.1) is 0 Å². The largest absolute Gasteiger partial charge is 0.493 e. The molecule has 0 aliphatic carbocycles. The maximum Gasteiger partial charge on any atom is 0.161 e. The van der Waals surface area contributed by atoms with E-state index in [1.165, 1.54) is 0 Å². The molecule has 0 bridgehead atoms. The standard InChI is InChI=1S/C14H16N2O2/c1-17-12-6-2-3-7-13(12)18-10-8-11-5-4-9-16-14(11)15/h2-7,9H,8,10H2,1H3,(H2,15,16). The van der Waals surface area contributed by atoms with E-state index in [0.717, 1.165) is 23.5 Å². The molecule has 0 aliphatic rings. The summed E-state index contributed by atoms with van der Waals surface area (Å²) in [5.41, 5.74) is 6.76. The maximum atomic E-state index is 5.76. The fourth-order valence-corrected chi connectivity index (χ4v) is 1.67. The molecule has 94 valence electrons. The Kier molecular flexibility index (Phi) is 4.02. The predicted octanol–water partition coefficient (Wildman–Crippen LogP) is 2.29. The number of rotatable bonds is 5. The van der Waals surface area contributed by atoms with Crippen LogP contribution in [0.4, 0.5) is 5.82 Å². The van der Waals surface area contributed by atoms with E-state index in [4.69, 9.17) is 15.2 Å². The van der Waals surface area contributed by atoms with Crippen molar-refractivity contribution in [1.29, 1.82) is 0 Å². The lowest BCUT2D eigenvalue weighted by Gasteiger charge is -2.10. The maximum absolute atomic E-state index is 5.76. The second-order valence-electron chi connectivity index (χ2n) is 3.80. The zero-order valence-electron chi connectivity index (χ0n) is 10.3. The van der Waals surface area contributed by atoms with Gasteiger partial charge in [-0.3, -0.25) is 0 Å². The number of anilines is 1. The minimum absolute atomic E-state index is 0.538. The van der Waals surface area contributed by atoms with Crippen LogP contribution in [0.2, 0.25) is 0 Å². The molecule has 2 rings (SSSR count). The Morgan fingerprint density at radius 1 is 1.11 bits per heavy atom. The highest BCUT2D eigenvalue weighted by atomic mass is 16.5. The number of pyridine rings is 1. The highest BCUT2D eigenvalue weighted by Crippen LogP contribution is 2.25. The van der Waals surface area contributed by atoms with Crippen molar-refractivity contribution in [2.24, 2.45) is 0 Å². The van der Waals surface area contributed by atoms with Crippen molar-refractivity contribution >= 4 is 5.82 Å². The molecule has 4 nitrogen and oxygen atoms in total. The second kappa shape index (κ2) is 5.91. The van der Waals surface area contributed by atoms with Gasteiger partial charge in [0.2, 0.25) is 0 Å². The van der Waals surface area contributed by atoms with Crippen molar-refractivity contribution in [2.45, 2.75) is 6.42 Å². The molecule has 1 aromatic carbocycles. The monoisotopic (exact) mass is 244 g/mol. The van der Waals surface area contributed by atoms with Gasteiger partial charge in [-0.25, -0.2) is 4.98 Å². The second-order valence-corrected chi connectivity index (χ2v) is 3.80. The fraction of sp³-hybridized carbons (Fsp3) is 0.214. The SMILES string of the molecule is COc1ccccc1OCCc1cccnc1N. The smallest absolute Gasteiger partial charge is 0.161 e. The van der Waals surface area contributed by atoms with E-state index in [1.54, 1.807) is 13.3 Å². The van der Waals surface area contributed by atoms with Crippen LogP contribution in [-0.4, -0.2) is 18.7 Å². The highest BCUT2D eigenvalue weighted by molar-refractivity contribution is 5.40. The average molecular weight is 244 g/mol. The minimum Gasteiger partial charge on any atom is -0.493 e. The molecule has 0 radical (unpaired) electrons. The van der Waals surface area contributed by atoms with E-state index in [1.807, 2.05) is 36.4 Å². The van der Waals surface area contributed by atoms with Gasteiger partial charge < -0.3 is 15.2 Å². The van der Waals surface area contributed by atoms with Crippen molar-refractivity contribution in [2.75, 3.05) is 19.5 Å². The zero-order chi connectivity index (χ0) is 12.8. The quantitative estimate of drug-likeness (QED) is 0.876. The summed E-state index contributed by atoms with van der Waals surface area (Å²) in [5, 5.41) is 0. The number of para-hydroxylation sites is 2. The molecular formula is C14H16N2O2. The number of aromatic nitrogens is 1. The first-order valence-corrected chi connectivity index (χ1v) is 5.76. The molecule has 18 heavy (non-hydrogen) atoms. The Bertz CT molecular complexity index is 515. The summed E-state index contributed by atoms with van der Waals surface area (Å²) in [7, 11) is 1.63. The third-order valence-corrected chi connectivity index (χ3v) is 2.62. The normalized spacial score (nSPS) is 10.1. The topological polar surface area (TPSA) is 57.4 Å². The molecule has 4 heteroatoms. The van der Waals surface area contributed by atoms with Crippen LogP contribution in [0.5, 0.6) is 11.5 Å². The third-order valence-electron chi connectivity index (χ3n) is 2.62. The molecule has 0 spiro atoms. The molecular weight excluding hydrogens is 228 g/mol. The minimum atomic E-state index is 0.538. The molecule has 0 saturated carbocycles. The summed E-state index contributed by atoms with van der Waals surface area (Å²) >= 11 is 0. The van der Waals surface area contributed by atoms with Gasteiger partial charge in [-0.05, 0) is 23.8 Å². The summed E-state index contributed by atoms with van der Waals surface area (Å²) < 4.78 is 10.9. The van der Waals surface area contributed by atoms with Gasteiger partial charge in [-0.2, -0.15) is 0 Å². The van der Waals surface area contributed by atoms with E-state index in [0.29, 0.717) is 12.4 Å². The first kappa shape index (κ1) is 12.2. The van der Waals surface area contributed by atoms with Gasteiger partial charge in [0.05, 0.1) is 13.7 Å². The summed E-state index contributed by atoms with van der Waals surface area (Å²) in [6.45, 7) is 0.538. The predicted molar refractivity (Wildman–Crippen MR) is 70.8 cm³/mol. The van der Waals surface area contributed by atoms with E-state index in [2.05, 4.69) is 4.98 Å². The lowest BCUT2D eigenvalue weighted by atomic mass is 10.2. The zero-order valence-corrected chi connectivity index (χ0v) is 10.3. The third kappa shape index (κ3) is 2.91. The fourth-order valence-electron chi connectivity index (χ4n) is 1.67. The Labute approximate surface area is 106 Å². The van der Waals surface area contributed by atoms with E-state index in [-0.39, 0.29) is 0 Å². The molecule has 0 saturated heterocycles. The molecule has 0 amide bonds. The number of nitrogen functional groups attached to an aromatic ring is 1. The summed E-state index contributed by atoms with van der Waals surface area (Å²) in [6.07, 6.45) is 2.40. The van der Waals surface area contributed by atoms with E-state index >= 15 is 0 Å². The van der Waals surface area contributed by atoms with E-state index in [9.17, 15) is 0 Å². The van der Waals surface area contributed by atoms with Crippen LogP contribution in [-0.2, 0) is 6.42 Å². The Hall–Kier alpha value is -2.23. The number of nitrogens with two attached hydrogens (primary N) is 1. The first-order chi connectivity index (χ1) is 8.81. The average Bonchev–Trinajstić information content (AvgIpc) is 2.41. The summed E-state index contributed by atoms with van der Waals surface area (Å²) in [6, 6.07) is 11.4. The van der Waals surface area contributed by atoms with Gasteiger partial charge in [0.15, 0.2) is 11.5 Å². The van der Waals surface area contributed by atoms with E-state index < -0.39 is 0 Å². The van der Waals surface area contributed by atoms with Crippen LogP contribution in [0.15, 0.2) is 42.6 Å². The molecule has 0 unspecified atom stereocenters. The first-order valence-electron chi connectivity index (χ1n) is 5.76. The Balaban J connectivity index is 1.95.